The van der Waals surface area contributed by atoms with Crippen molar-refractivity contribution in [3.8, 4) is 17.6 Å². The highest BCUT2D eigenvalue weighted by Crippen LogP contribution is 2.29. The van der Waals surface area contributed by atoms with Crippen LogP contribution in [0.3, 0.4) is 0 Å². The van der Waals surface area contributed by atoms with E-state index >= 15 is 0 Å². The molecule has 0 radical (unpaired) electrons. The minimum absolute atomic E-state index is 0.0117. The molecule has 0 fully saturated rings. The topological polar surface area (TPSA) is 74.6 Å². The molecule has 1 N–H and O–H groups in total. The lowest BCUT2D eigenvalue weighted by atomic mass is 10.2. The highest BCUT2D eigenvalue weighted by molar-refractivity contribution is 6.07. The molecule has 2 aromatic carbocycles. The summed E-state index contributed by atoms with van der Waals surface area (Å²) in [5.74, 6) is 0.557. The van der Waals surface area contributed by atoms with E-state index in [2.05, 4.69) is 5.32 Å². The van der Waals surface area contributed by atoms with Gasteiger partial charge < -0.3 is 19.7 Å². The van der Waals surface area contributed by atoms with Gasteiger partial charge in [-0.25, -0.2) is 0 Å². The molecule has 6 heteroatoms. The van der Waals surface area contributed by atoms with Crippen LogP contribution in [0.25, 0.3) is 0 Å². The maximum Gasteiger partial charge on any atom is 0.267 e. The molecule has 0 aliphatic heterocycles. The van der Waals surface area contributed by atoms with Crippen LogP contribution in [-0.4, -0.2) is 31.6 Å². The van der Waals surface area contributed by atoms with Gasteiger partial charge in [0.15, 0.2) is 0 Å². The van der Waals surface area contributed by atoms with E-state index in [-0.39, 0.29) is 5.57 Å². The Bertz CT molecular complexity index is 841. The molecule has 27 heavy (non-hydrogen) atoms. The molecule has 0 spiro atoms. The lowest BCUT2D eigenvalue weighted by molar-refractivity contribution is -0.112. The number of methoxy groups -OCH3 is 2. The van der Waals surface area contributed by atoms with Gasteiger partial charge in [-0.15, -0.1) is 0 Å². The molecular weight excluding hydrogens is 342 g/mol. The number of carbonyl (C=O) groups is 1. The number of nitrogens with zero attached hydrogens (tertiary/aromatic N) is 2. The zero-order valence-corrected chi connectivity index (χ0v) is 15.7. The van der Waals surface area contributed by atoms with Gasteiger partial charge in [-0.05, 0) is 24.6 Å². The summed E-state index contributed by atoms with van der Waals surface area (Å²) in [7, 11) is 3.05. The Kier molecular flexibility index (Phi) is 7.26. The molecular formula is C21H23N3O3. The smallest absolute Gasteiger partial charge is 0.267 e. The number of anilines is 1. The second-order valence-corrected chi connectivity index (χ2v) is 5.72. The number of hydrogen-bond acceptors (Lipinski definition) is 5. The first-order valence-electron chi connectivity index (χ1n) is 8.54. The van der Waals surface area contributed by atoms with Gasteiger partial charge in [-0.1, -0.05) is 30.3 Å². The number of amides is 1. The molecule has 0 bridgehead atoms. The molecule has 140 valence electrons. The van der Waals surface area contributed by atoms with E-state index in [4.69, 9.17) is 9.47 Å². The normalized spacial score (nSPS) is 10.7. The molecule has 2 aromatic rings. The minimum atomic E-state index is -0.504. The zero-order chi connectivity index (χ0) is 19.6. The minimum Gasteiger partial charge on any atom is -0.497 e. The number of rotatable bonds is 8. The standard InChI is InChI=1S/C21H23N3O3/c1-4-24(14-16-8-6-5-7-9-16)15-17(13-22)21(25)23-19-12-18(26-2)10-11-20(19)27-3/h5-12,15H,4,14H2,1-3H3,(H,23,25)/b17-15-. The Morgan fingerprint density at radius 3 is 2.52 bits per heavy atom. The molecule has 0 heterocycles. The maximum atomic E-state index is 12.6. The fourth-order valence-electron chi connectivity index (χ4n) is 2.49. The van der Waals surface area contributed by atoms with Crippen LogP contribution in [0.15, 0.2) is 60.3 Å². The van der Waals surface area contributed by atoms with E-state index in [9.17, 15) is 10.1 Å². The average Bonchev–Trinajstić information content (AvgIpc) is 2.71. The molecule has 0 atom stereocenters. The van der Waals surface area contributed by atoms with Gasteiger partial charge >= 0.3 is 0 Å². The number of hydrogen-bond donors (Lipinski definition) is 1. The first kappa shape index (κ1) is 19.9. The predicted molar refractivity (Wildman–Crippen MR) is 104 cm³/mol. The van der Waals surface area contributed by atoms with Crippen molar-refractivity contribution in [3.05, 3.63) is 65.9 Å². The second kappa shape index (κ2) is 9.88. The fraction of sp³-hybridized carbons (Fsp3) is 0.238. The number of carbonyl (C=O) groups excluding carboxylic acids is 1. The fourth-order valence-corrected chi connectivity index (χ4v) is 2.49. The van der Waals surface area contributed by atoms with Crippen molar-refractivity contribution >= 4 is 11.6 Å². The number of nitriles is 1. The molecule has 0 saturated carbocycles. The predicted octanol–water partition coefficient (Wildman–Crippen LogP) is 3.57. The lowest BCUT2D eigenvalue weighted by Crippen LogP contribution is -2.21. The van der Waals surface area contributed by atoms with Crippen molar-refractivity contribution < 1.29 is 14.3 Å². The molecule has 0 aliphatic carbocycles. The zero-order valence-electron chi connectivity index (χ0n) is 15.7. The van der Waals surface area contributed by atoms with Crippen LogP contribution in [0.4, 0.5) is 5.69 Å². The van der Waals surface area contributed by atoms with Crippen LogP contribution in [0, 0.1) is 11.3 Å². The highest BCUT2D eigenvalue weighted by atomic mass is 16.5. The van der Waals surface area contributed by atoms with E-state index in [1.54, 1.807) is 24.4 Å². The third kappa shape index (κ3) is 5.51. The highest BCUT2D eigenvalue weighted by Gasteiger charge is 2.14. The Morgan fingerprint density at radius 2 is 1.93 bits per heavy atom. The van der Waals surface area contributed by atoms with Crippen LogP contribution in [0.2, 0.25) is 0 Å². The third-order valence-corrected chi connectivity index (χ3v) is 3.97. The van der Waals surface area contributed by atoms with Crippen molar-refractivity contribution in [2.24, 2.45) is 0 Å². The van der Waals surface area contributed by atoms with Crippen molar-refractivity contribution in [2.75, 3.05) is 26.1 Å². The van der Waals surface area contributed by atoms with Gasteiger partial charge in [-0.2, -0.15) is 5.26 Å². The van der Waals surface area contributed by atoms with Crippen LogP contribution < -0.4 is 14.8 Å². The van der Waals surface area contributed by atoms with Gasteiger partial charge in [0.2, 0.25) is 0 Å². The van der Waals surface area contributed by atoms with Crippen LogP contribution >= 0.6 is 0 Å². The Labute approximate surface area is 159 Å². The molecule has 0 unspecified atom stereocenters. The van der Waals surface area contributed by atoms with Crippen LogP contribution in [0.1, 0.15) is 12.5 Å². The molecule has 0 aliphatic rings. The van der Waals surface area contributed by atoms with Crippen LogP contribution in [-0.2, 0) is 11.3 Å². The molecule has 1 amide bonds. The SMILES string of the molecule is CCN(/C=C(/C#N)C(=O)Nc1cc(OC)ccc1OC)Cc1ccccc1. The maximum absolute atomic E-state index is 12.6. The molecule has 6 nitrogen and oxygen atoms in total. The van der Waals surface area contributed by atoms with Crippen molar-refractivity contribution in [1.29, 1.82) is 5.26 Å². The third-order valence-electron chi connectivity index (χ3n) is 3.97. The first-order chi connectivity index (χ1) is 13.1. The van der Waals surface area contributed by atoms with Crippen molar-refractivity contribution in [2.45, 2.75) is 13.5 Å². The van der Waals surface area contributed by atoms with Gasteiger partial charge in [0.05, 0.1) is 19.9 Å². The summed E-state index contributed by atoms with van der Waals surface area (Å²) in [5.41, 5.74) is 1.55. The molecule has 0 aromatic heterocycles. The lowest BCUT2D eigenvalue weighted by Gasteiger charge is -2.19. The molecule has 0 saturated heterocycles. The van der Waals surface area contributed by atoms with Crippen molar-refractivity contribution in [1.82, 2.24) is 4.90 Å². The van der Waals surface area contributed by atoms with E-state index in [0.29, 0.717) is 30.3 Å². The van der Waals surface area contributed by atoms with E-state index < -0.39 is 5.91 Å². The van der Waals surface area contributed by atoms with E-state index in [0.717, 1.165) is 5.56 Å². The number of nitrogens with one attached hydrogen (secondary N) is 1. The molecule has 2 rings (SSSR count). The summed E-state index contributed by atoms with van der Waals surface area (Å²) in [6, 6.07) is 16.9. The Hall–Kier alpha value is -3.46. The first-order valence-corrected chi connectivity index (χ1v) is 8.54. The quantitative estimate of drug-likeness (QED) is 0.572. The summed E-state index contributed by atoms with van der Waals surface area (Å²) in [6.07, 6.45) is 1.58. The Balaban J connectivity index is 2.19. The van der Waals surface area contributed by atoms with E-state index in [1.807, 2.05) is 48.2 Å². The van der Waals surface area contributed by atoms with Gasteiger partial charge in [0, 0.05) is 25.4 Å². The van der Waals surface area contributed by atoms with Gasteiger partial charge in [-0.3, -0.25) is 4.79 Å². The van der Waals surface area contributed by atoms with Crippen molar-refractivity contribution in [3.63, 3.8) is 0 Å². The van der Waals surface area contributed by atoms with Gasteiger partial charge in [0.25, 0.3) is 5.91 Å². The summed E-state index contributed by atoms with van der Waals surface area (Å²) in [6.45, 7) is 3.24. The van der Waals surface area contributed by atoms with E-state index in [1.165, 1.54) is 14.2 Å². The van der Waals surface area contributed by atoms with Crippen LogP contribution in [0.5, 0.6) is 11.5 Å². The summed E-state index contributed by atoms with van der Waals surface area (Å²) in [5, 5.41) is 12.2. The number of benzene rings is 2. The largest absolute Gasteiger partial charge is 0.497 e. The summed E-state index contributed by atoms with van der Waals surface area (Å²) < 4.78 is 10.4. The summed E-state index contributed by atoms with van der Waals surface area (Å²) >= 11 is 0. The number of ether oxygens (including phenoxy) is 2. The summed E-state index contributed by atoms with van der Waals surface area (Å²) in [4.78, 5) is 14.5. The Morgan fingerprint density at radius 1 is 1.19 bits per heavy atom. The second-order valence-electron chi connectivity index (χ2n) is 5.72. The van der Waals surface area contributed by atoms with Gasteiger partial charge in [0.1, 0.15) is 23.1 Å². The average molecular weight is 365 g/mol. The monoisotopic (exact) mass is 365 g/mol.